The van der Waals surface area contributed by atoms with Crippen molar-refractivity contribution in [2.75, 3.05) is 18.0 Å². The van der Waals surface area contributed by atoms with E-state index in [2.05, 4.69) is 46.0 Å². The van der Waals surface area contributed by atoms with Crippen LogP contribution in [0, 0.1) is 12.3 Å². The van der Waals surface area contributed by atoms with E-state index >= 15 is 0 Å². The number of hydrogen-bond acceptors (Lipinski definition) is 1. The van der Waals surface area contributed by atoms with Crippen molar-refractivity contribution >= 4 is 21.6 Å². The van der Waals surface area contributed by atoms with Crippen molar-refractivity contribution in [1.29, 1.82) is 0 Å². The van der Waals surface area contributed by atoms with Gasteiger partial charge in [-0.3, -0.25) is 0 Å². The van der Waals surface area contributed by atoms with Crippen LogP contribution in [0.2, 0.25) is 0 Å². The molecule has 1 aromatic carbocycles. The standard InChI is InChI=1S/C12H14BrN/c1-9-2-3-10(13)11(6-9)14-7-12(8-14)4-5-12/h2-3,6H,4-5,7-8H2,1H3. The van der Waals surface area contributed by atoms with Crippen molar-refractivity contribution in [2.24, 2.45) is 5.41 Å². The van der Waals surface area contributed by atoms with E-state index in [1.165, 1.54) is 41.7 Å². The van der Waals surface area contributed by atoms with Gasteiger partial charge in [-0.2, -0.15) is 0 Å². The van der Waals surface area contributed by atoms with Gasteiger partial charge in [0.25, 0.3) is 0 Å². The van der Waals surface area contributed by atoms with Gasteiger partial charge < -0.3 is 4.90 Å². The summed E-state index contributed by atoms with van der Waals surface area (Å²) in [7, 11) is 0. The second kappa shape index (κ2) is 2.75. The summed E-state index contributed by atoms with van der Waals surface area (Å²) in [6.07, 6.45) is 2.90. The molecule has 0 unspecified atom stereocenters. The Morgan fingerprint density at radius 3 is 2.64 bits per heavy atom. The van der Waals surface area contributed by atoms with Gasteiger partial charge in [0.05, 0.1) is 5.69 Å². The van der Waals surface area contributed by atoms with E-state index in [0.29, 0.717) is 0 Å². The highest BCUT2D eigenvalue weighted by molar-refractivity contribution is 9.10. The number of halogens is 1. The molecule has 0 N–H and O–H groups in total. The Hall–Kier alpha value is -0.500. The average molecular weight is 252 g/mol. The summed E-state index contributed by atoms with van der Waals surface area (Å²) < 4.78 is 1.23. The number of benzene rings is 1. The molecule has 0 radical (unpaired) electrons. The van der Waals surface area contributed by atoms with Crippen molar-refractivity contribution in [2.45, 2.75) is 19.8 Å². The second-order valence-corrected chi connectivity index (χ2v) is 5.67. The second-order valence-electron chi connectivity index (χ2n) is 4.81. The van der Waals surface area contributed by atoms with Crippen LogP contribution in [0.4, 0.5) is 5.69 Å². The molecule has 3 rings (SSSR count). The fourth-order valence-electron chi connectivity index (χ4n) is 2.29. The zero-order valence-corrected chi connectivity index (χ0v) is 9.97. The van der Waals surface area contributed by atoms with Crippen LogP contribution in [0.5, 0.6) is 0 Å². The maximum absolute atomic E-state index is 3.62. The molecule has 2 aliphatic rings. The number of nitrogens with zero attached hydrogens (tertiary/aromatic N) is 1. The molecule has 1 aromatic rings. The zero-order valence-electron chi connectivity index (χ0n) is 8.39. The highest BCUT2D eigenvalue weighted by Crippen LogP contribution is 2.54. The molecule has 1 aliphatic heterocycles. The first-order valence-corrected chi connectivity index (χ1v) is 5.99. The van der Waals surface area contributed by atoms with Gasteiger partial charge in [0.15, 0.2) is 0 Å². The van der Waals surface area contributed by atoms with E-state index in [1.807, 2.05) is 0 Å². The van der Waals surface area contributed by atoms with E-state index < -0.39 is 0 Å². The lowest BCUT2D eigenvalue weighted by molar-refractivity contribution is 0.387. The molecule has 0 aromatic heterocycles. The van der Waals surface area contributed by atoms with E-state index in [9.17, 15) is 0 Å². The van der Waals surface area contributed by atoms with Crippen LogP contribution in [0.1, 0.15) is 18.4 Å². The maximum Gasteiger partial charge on any atom is 0.0513 e. The molecule has 74 valence electrons. The number of aryl methyl sites for hydroxylation is 1. The van der Waals surface area contributed by atoms with Crippen molar-refractivity contribution in [3.05, 3.63) is 28.2 Å². The molecule has 0 atom stereocenters. The van der Waals surface area contributed by atoms with E-state index in [1.54, 1.807) is 0 Å². The minimum atomic E-state index is 0.739. The van der Waals surface area contributed by atoms with Crippen LogP contribution < -0.4 is 4.90 Å². The number of hydrogen-bond donors (Lipinski definition) is 0. The third kappa shape index (κ3) is 1.28. The van der Waals surface area contributed by atoms with Gasteiger partial charge in [-0.15, -0.1) is 0 Å². The molecule has 14 heavy (non-hydrogen) atoms. The van der Waals surface area contributed by atoms with Gasteiger partial charge in [0.1, 0.15) is 0 Å². The largest absolute Gasteiger partial charge is 0.369 e. The summed E-state index contributed by atoms with van der Waals surface area (Å²) in [5, 5.41) is 0. The van der Waals surface area contributed by atoms with Crippen LogP contribution in [0.25, 0.3) is 0 Å². The van der Waals surface area contributed by atoms with Gasteiger partial charge in [-0.1, -0.05) is 6.07 Å². The molecule has 2 heteroatoms. The lowest BCUT2D eigenvalue weighted by Crippen LogP contribution is -2.48. The van der Waals surface area contributed by atoms with E-state index in [0.717, 1.165) is 5.41 Å². The van der Waals surface area contributed by atoms with Crippen molar-refractivity contribution in [3.63, 3.8) is 0 Å². The summed E-state index contributed by atoms with van der Waals surface area (Å²) in [6, 6.07) is 6.59. The SMILES string of the molecule is Cc1ccc(Br)c(N2CC3(CC3)C2)c1. The van der Waals surface area contributed by atoms with Crippen LogP contribution >= 0.6 is 15.9 Å². The zero-order chi connectivity index (χ0) is 9.76. The van der Waals surface area contributed by atoms with Gasteiger partial charge in [-0.05, 0) is 53.4 Å². The summed E-state index contributed by atoms with van der Waals surface area (Å²) in [6.45, 7) is 4.70. The Bertz CT molecular complexity index is 374. The Kier molecular flexibility index (Phi) is 1.73. The third-order valence-electron chi connectivity index (χ3n) is 3.45. The van der Waals surface area contributed by atoms with Crippen molar-refractivity contribution in [3.8, 4) is 0 Å². The molecule has 0 amide bonds. The van der Waals surface area contributed by atoms with Gasteiger partial charge in [0.2, 0.25) is 0 Å². The van der Waals surface area contributed by atoms with Gasteiger partial charge in [-0.25, -0.2) is 0 Å². The van der Waals surface area contributed by atoms with Gasteiger partial charge >= 0.3 is 0 Å². The molecular weight excluding hydrogens is 238 g/mol. The molecule has 1 aliphatic carbocycles. The van der Waals surface area contributed by atoms with Crippen LogP contribution in [0.15, 0.2) is 22.7 Å². The van der Waals surface area contributed by atoms with E-state index in [-0.39, 0.29) is 0 Å². The number of rotatable bonds is 1. The third-order valence-corrected chi connectivity index (χ3v) is 4.12. The fraction of sp³-hybridized carbons (Fsp3) is 0.500. The Balaban J connectivity index is 1.85. The Morgan fingerprint density at radius 2 is 2.00 bits per heavy atom. The summed E-state index contributed by atoms with van der Waals surface area (Å²) >= 11 is 3.62. The molecule has 1 nitrogen and oxygen atoms in total. The first kappa shape index (κ1) is 8.78. The van der Waals surface area contributed by atoms with Crippen LogP contribution in [0.3, 0.4) is 0 Å². The molecule has 1 saturated carbocycles. The van der Waals surface area contributed by atoms with Crippen LogP contribution in [-0.2, 0) is 0 Å². The predicted molar refractivity (Wildman–Crippen MR) is 62.8 cm³/mol. The minimum Gasteiger partial charge on any atom is -0.369 e. The molecule has 1 spiro atoms. The molecular formula is C12H14BrN. The highest BCUT2D eigenvalue weighted by Gasteiger charge is 2.52. The molecule has 2 fully saturated rings. The summed E-state index contributed by atoms with van der Waals surface area (Å²) in [5.74, 6) is 0. The topological polar surface area (TPSA) is 3.24 Å². The van der Waals surface area contributed by atoms with Crippen molar-refractivity contribution < 1.29 is 0 Å². The molecule has 1 heterocycles. The Morgan fingerprint density at radius 1 is 1.29 bits per heavy atom. The normalized spacial score (nSPS) is 22.3. The lowest BCUT2D eigenvalue weighted by Gasteiger charge is -2.42. The monoisotopic (exact) mass is 251 g/mol. The number of anilines is 1. The maximum atomic E-state index is 3.62. The molecule has 0 bridgehead atoms. The Labute approximate surface area is 93.2 Å². The summed E-state index contributed by atoms with van der Waals surface area (Å²) in [5.41, 5.74) is 3.46. The lowest BCUT2D eigenvalue weighted by atomic mass is 9.96. The van der Waals surface area contributed by atoms with Crippen molar-refractivity contribution in [1.82, 2.24) is 0 Å². The first-order chi connectivity index (χ1) is 6.69. The van der Waals surface area contributed by atoms with Crippen LogP contribution in [-0.4, -0.2) is 13.1 Å². The minimum absolute atomic E-state index is 0.739. The summed E-state index contributed by atoms with van der Waals surface area (Å²) in [4.78, 5) is 2.49. The average Bonchev–Trinajstić information content (AvgIpc) is 2.86. The fourth-order valence-corrected chi connectivity index (χ4v) is 2.79. The van der Waals surface area contributed by atoms with E-state index in [4.69, 9.17) is 0 Å². The van der Waals surface area contributed by atoms with Gasteiger partial charge in [0, 0.05) is 23.0 Å². The molecule has 1 saturated heterocycles. The first-order valence-electron chi connectivity index (χ1n) is 5.20. The predicted octanol–water partition coefficient (Wildman–Crippen LogP) is 3.36. The smallest absolute Gasteiger partial charge is 0.0513 e. The quantitative estimate of drug-likeness (QED) is 0.740. The highest BCUT2D eigenvalue weighted by atomic mass is 79.9.